The monoisotopic (exact) mass is 334 g/mol. The molecule has 1 aliphatic rings. The molecule has 8 heteroatoms. The summed E-state index contributed by atoms with van der Waals surface area (Å²) in [6.45, 7) is 5.85. The van der Waals surface area contributed by atoms with E-state index in [-0.39, 0.29) is 0 Å². The van der Waals surface area contributed by atoms with Crippen LogP contribution in [0.5, 0.6) is 0 Å². The second-order valence-electron chi connectivity index (χ2n) is 5.73. The number of nitrogens with one attached hydrogen (secondary N) is 1. The molecule has 1 fully saturated rings. The zero-order valence-electron chi connectivity index (χ0n) is 13.5. The van der Waals surface area contributed by atoms with E-state index in [2.05, 4.69) is 30.4 Å². The SMILES string of the molecule is COCCN1CCCC(c2cc(Nc3nncs3)nc(C)n2)C1. The van der Waals surface area contributed by atoms with Crippen LogP contribution in [0.25, 0.3) is 0 Å². The third kappa shape index (κ3) is 4.43. The van der Waals surface area contributed by atoms with Crippen LogP contribution < -0.4 is 5.32 Å². The molecule has 1 aliphatic heterocycles. The summed E-state index contributed by atoms with van der Waals surface area (Å²) in [5.41, 5.74) is 2.80. The van der Waals surface area contributed by atoms with Gasteiger partial charge in [0, 0.05) is 32.2 Å². The topological polar surface area (TPSA) is 76.1 Å². The molecule has 0 amide bonds. The molecule has 2 aromatic heterocycles. The van der Waals surface area contributed by atoms with Crippen molar-refractivity contribution in [3.05, 3.63) is 23.1 Å². The molecule has 3 rings (SSSR count). The quantitative estimate of drug-likeness (QED) is 0.868. The smallest absolute Gasteiger partial charge is 0.210 e. The number of anilines is 2. The number of hydrogen-bond donors (Lipinski definition) is 1. The van der Waals surface area contributed by atoms with Gasteiger partial charge in [0.25, 0.3) is 0 Å². The van der Waals surface area contributed by atoms with E-state index >= 15 is 0 Å². The zero-order chi connectivity index (χ0) is 16.1. The summed E-state index contributed by atoms with van der Waals surface area (Å²) in [4.78, 5) is 11.6. The maximum atomic E-state index is 5.19. The van der Waals surface area contributed by atoms with Gasteiger partial charge in [0.2, 0.25) is 5.13 Å². The van der Waals surface area contributed by atoms with Crippen molar-refractivity contribution >= 4 is 22.3 Å². The predicted octanol–water partition coefficient (Wildman–Crippen LogP) is 2.21. The standard InChI is InChI=1S/C15H22N6OS/c1-11-17-13(8-14(18-11)19-15-20-16-10-23-15)12-4-3-5-21(9-12)6-7-22-2/h8,10,12H,3-7,9H2,1-2H3,(H,17,18,19,20). The number of piperidine rings is 1. The number of aryl methyl sites for hydroxylation is 1. The number of ether oxygens (including phenoxy) is 1. The minimum Gasteiger partial charge on any atom is -0.383 e. The van der Waals surface area contributed by atoms with Crippen LogP contribution in [0.4, 0.5) is 10.9 Å². The van der Waals surface area contributed by atoms with Gasteiger partial charge in [0.15, 0.2) is 0 Å². The molecule has 124 valence electrons. The number of hydrogen-bond acceptors (Lipinski definition) is 8. The van der Waals surface area contributed by atoms with Gasteiger partial charge in [0.05, 0.1) is 12.3 Å². The van der Waals surface area contributed by atoms with Crippen molar-refractivity contribution in [3.63, 3.8) is 0 Å². The van der Waals surface area contributed by atoms with Crippen molar-refractivity contribution in [3.8, 4) is 0 Å². The van der Waals surface area contributed by atoms with E-state index in [0.29, 0.717) is 5.92 Å². The Hall–Kier alpha value is -1.64. The molecule has 7 nitrogen and oxygen atoms in total. The van der Waals surface area contributed by atoms with E-state index < -0.39 is 0 Å². The van der Waals surface area contributed by atoms with Crippen molar-refractivity contribution in [2.24, 2.45) is 0 Å². The first-order chi connectivity index (χ1) is 11.2. The Morgan fingerprint density at radius 1 is 1.43 bits per heavy atom. The minimum atomic E-state index is 0.442. The molecule has 0 radical (unpaired) electrons. The number of rotatable bonds is 6. The van der Waals surface area contributed by atoms with Crippen LogP contribution in [-0.4, -0.2) is 58.4 Å². The first-order valence-corrected chi connectivity index (χ1v) is 8.72. The maximum Gasteiger partial charge on any atom is 0.210 e. The normalized spacial score (nSPS) is 19.0. The fourth-order valence-corrected chi connectivity index (χ4v) is 3.37. The van der Waals surface area contributed by atoms with Crippen molar-refractivity contribution in [2.45, 2.75) is 25.7 Å². The highest BCUT2D eigenvalue weighted by atomic mass is 32.1. The number of nitrogens with zero attached hydrogens (tertiary/aromatic N) is 5. The third-order valence-corrected chi connectivity index (χ3v) is 4.59. The summed E-state index contributed by atoms with van der Waals surface area (Å²) in [5.74, 6) is 2.01. The average molecular weight is 334 g/mol. The Bertz CT molecular complexity index is 620. The van der Waals surface area contributed by atoms with Gasteiger partial charge >= 0.3 is 0 Å². The van der Waals surface area contributed by atoms with Crippen LogP contribution >= 0.6 is 11.3 Å². The van der Waals surface area contributed by atoms with Crippen LogP contribution in [0.1, 0.15) is 30.3 Å². The van der Waals surface area contributed by atoms with E-state index in [4.69, 9.17) is 4.74 Å². The van der Waals surface area contributed by atoms with E-state index in [0.717, 1.165) is 55.1 Å². The Kier molecular flexibility index (Phi) is 5.47. The Labute approximate surface area is 140 Å². The molecule has 0 bridgehead atoms. The fourth-order valence-electron chi connectivity index (χ4n) is 2.92. The first kappa shape index (κ1) is 16.2. The minimum absolute atomic E-state index is 0.442. The van der Waals surface area contributed by atoms with E-state index in [1.165, 1.54) is 17.8 Å². The largest absolute Gasteiger partial charge is 0.383 e. The van der Waals surface area contributed by atoms with Crippen LogP contribution in [0, 0.1) is 6.92 Å². The second kappa shape index (κ2) is 7.76. The molecule has 1 saturated heterocycles. The summed E-state index contributed by atoms with van der Waals surface area (Å²) in [6, 6.07) is 2.04. The lowest BCUT2D eigenvalue weighted by Gasteiger charge is -2.32. The summed E-state index contributed by atoms with van der Waals surface area (Å²) in [7, 11) is 1.75. The molecule has 0 saturated carbocycles. The Balaban J connectivity index is 1.72. The van der Waals surface area contributed by atoms with E-state index in [1.807, 2.05) is 13.0 Å². The molecule has 1 atom stereocenters. The second-order valence-corrected chi connectivity index (χ2v) is 6.56. The number of aromatic nitrogens is 4. The van der Waals surface area contributed by atoms with Gasteiger partial charge in [-0.05, 0) is 26.3 Å². The molecule has 0 aromatic carbocycles. The van der Waals surface area contributed by atoms with Gasteiger partial charge in [-0.3, -0.25) is 0 Å². The summed E-state index contributed by atoms with van der Waals surface area (Å²) in [5, 5.41) is 11.8. The lowest BCUT2D eigenvalue weighted by Crippen LogP contribution is -2.36. The highest BCUT2D eigenvalue weighted by Crippen LogP contribution is 2.27. The van der Waals surface area contributed by atoms with Crippen molar-refractivity contribution in [2.75, 3.05) is 38.7 Å². The summed E-state index contributed by atoms with van der Waals surface area (Å²) < 4.78 is 5.19. The highest BCUT2D eigenvalue weighted by molar-refractivity contribution is 7.13. The molecular weight excluding hydrogens is 312 g/mol. The van der Waals surface area contributed by atoms with E-state index in [1.54, 1.807) is 12.6 Å². The zero-order valence-corrected chi connectivity index (χ0v) is 14.3. The molecule has 3 heterocycles. The van der Waals surface area contributed by atoms with Gasteiger partial charge < -0.3 is 15.0 Å². The lowest BCUT2D eigenvalue weighted by atomic mass is 9.94. The van der Waals surface area contributed by atoms with Gasteiger partial charge in [-0.1, -0.05) is 11.3 Å². The fraction of sp³-hybridized carbons (Fsp3) is 0.600. The molecular formula is C15H22N6OS. The summed E-state index contributed by atoms with van der Waals surface area (Å²) in [6.07, 6.45) is 2.36. The Morgan fingerprint density at radius 2 is 2.35 bits per heavy atom. The van der Waals surface area contributed by atoms with Gasteiger partial charge in [-0.15, -0.1) is 10.2 Å². The Morgan fingerprint density at radius 3 is 3.13 bits per heavy atom. The van der Waals surface area contributed by atoms with Gasteiger partial charge in [-0.25, -0.2) is 9.97 Å². The van der Waals surface area contributed by atoms with Gasteiger partial charge in [-0.2, -0.15) is 0 Å². The molecule has 2 aromatic rings. The predicted molar refractivity (Wildman–Crippen MR) is 90.3 cm³/mol. The average Bonchev–Trinajstić information content (AvgIpc) is 3.05. The molecule has 0 aliphatic carbocycles. The lowest BCUT2D eigenvalue weighted by molar-refractivity contribution is 0.127. The first-order valence-electron chi connectivity index (χ1n) is 7.84. The van der Waals surface area contributed by atoms with Crippen LogP contribution in [-0.2, 0) is 4.74 Å². The highest BCUT2D eigenvalue weighted by Gasteiger charge is 2.23. The molecule has 1 unspecified atom stereocenters. The van der Waals surface area contributed by atoms with Crippen LogP contribution in [0.3, 0.4) is 0 Å². The maximum absolute atomic E-state index is 5.19. The summed E-state index contributed by atoms with van der Waals surface area (Å²) >= 11 is 1.46. The number of methoxy groups -OCH3 is 1. The third-order valence-electron chi connectivity index (χ3n) is 3.99. The van der Waals surface area contributed by atoms with Crippen molar-refractivity contribution in [1.82, 2.24) is 25.1 Å². The van der Waals surface area contributed by atoms with Crippen LogP contribution in [0.15, 0.2) is 11.6 Å². The van der Waals surface area contributed by atoms with Crippen molar-refractivity contribution < 1.29 is 4.74 Å². The molecule has 0 spiro atoms. The molecule has 23 heavy (non-hydrogen) atoms. The van der Waals surface area contributed by atoms with E-state index in [9.17, 15) is 0 Å². The van der Waals surface area contributed by atoms with Crippen LogP contribution in [0.2, 0.25) is 0 Å². The number of likely N-dealkylation sites (tertiary alicyclic amines) is 1. The molecule has 1 N–H and O–H groups in total. The van der Waals surface area contributed by atoms with Gasteiger partial charge in [0.1, 0.15) is 17.2 Å². The van der Waals surface area contributed by atoms with Crippen molar-refractivity contribution in [1.29, 1.82) is 0 Å².